The van der Waals surface area contributed by atoms with E-state index >= 15 is 0 Å². The maximum absolute atomic E-state index is 13.4. The van der Waals surface area contributed by atoms with Crippen molar-refractivity contribution in [3.63, 3.8) is 0 Å². The summed E-state index contributed by atoms with van der Waals surface area (Å²) in [6.07, 6.45) is -1.89. The number of hydrogen-bond donors (Lipinski definition) is 0. The van der Waals surface area contributed by atoms with Gasteiger partial charge in [0, 0.05) is 38.3 Å². The molecular formula is C25H26F3NO5S. The Kier molecular flexibility index (Phi) is 7.35. The average molecular weight is 510 g/mol. The predicted octanol–water partition coefficient (Wildman–Crippen LogP) is 4.84. The van der Waals surface area contributed by atoms with E-state index in [1.807, 2.05) is 0 Å². The minimum absolute atomic E-state index is 0.138. The van der Waals surface area contributed by atoms with Crippen molar-refractivity contribution in [2.75, 3.05) is 26.8 Å². The van der Waals surface area contributed by atoms with E-state index in [0.717, 1.165) is 24.8 Å². The highest BCUT2D eigenvalue weighted by molar-refractivity contribution is 7.89. The molecule has 3 aromatic rings. The maximum Gasteiger partial charge on any atom is 0.417 e. The highest BCUT2D eigenvalue weighted by atomic mass is 32.2. The second kappa shape index (κ2) is 10.1. The zero-order chi connectivity index (χ0) is 25.2. The smallest absolute Gasteiger partial charge is 0.417 e. The van der Waals surface area contributed by atoms with Gasteiger partial charge in [0.25, 0.3) is 0 Å². The molecule has 1 saturated heterocycles. The molecule has 6 nitrogen and oxygen atoms in total. The molecule has 0 unspecified atom stereocenters. The third-order valence-electron chi connectivity index (χ3n) is 6.39. The lowest BCUT2D eigenvalue weighted by atomic mass is 9.95. The van der Waals surface area contributed by atoms with E-state index in [4.69, 9.17) is 9.15 Å². The quantitative estimate of drug-likeness (QED) is 0.426. The summed E-state index contributed by atoms with van der Waals surface area (Å²) in [5.74, 6) is 0.455. The van der Waals surface area contributed by atoms with Crippen LogP contribution in [0.3, 0.4) is 0 Å². The number of piperidine rings is 1. The molecule has 0 spiro atoms. The monoisotopic (exact) mass is 509 g/mol. The summed E-state index contributed by atoms with van der Waals surface area (Å²) in [5.41, 5.74) is -0.925. The van der Waals surface area contributed by atoms with Gasteiger partial charge in [-0.3, -0.25) is 0 Å². The summed E-state index contributed by atoms with van der Waals surface area (Å²) in [4.78, 5) is 11.7. The van der Waals surface area contributed by atoms with E-state index < -0.39 is 27.4 Å². The molecule has 2 aromatic carbocycles. The van der Waals surface area contributed by atoms with Gasteiger partial charge in [-0.1, -0.05) is 18.2 Å². The summed E-state index contributed by atoms with van der Waals surface area (Å²) in [6, 6.07) is 11.1. The number of sulfonamides is 1. The topological polar surface area (TPSA) is 76.8 Å². The van der Waals surface area contributed by atoms with Crippen LogP contribution < -0.4 is 5.63 Å². The summed E-state index contributed by atoms with van der Waals surface area (Å²) >= 11 is 0. The van der Waals surface area contributed by atoms with Crippen molar-refractivity contribution in [2.45, 2.75) is 36.8 Å². The minimum Gasteiger partial charge on any atom is -0.423 e. The van der Waals surface area contributed by atoms with Crippen LogP contribution in [-0.2, 0) is 27.4 Å². The van der Waals surface area contributed by atoms with Crippen molar-refractivity contribution in [1.82, 2.24) is 4.31 Å². The molecule has 0 bridgehead atoms. The maximum atomic E-state index is 13.4. The number of alkyl halides is 3. The summed E-state index contributed by atoms with van der Waals surface area (Å²) in [6.45, 7) is 1.60. The fourth-order valence-corrected chi connectivity index (χ4v) is 5.91. The van der Waals surface area contributed by atoms with E-state index in [1.54, 1.807) is 25.3 Å². The molecule has 4 rings (SSSR count). The van der Waals surface area contributed by atoms with Gasteiger partial charge in [0.1, 0.15) is 5.58 Å². The van der Waals surface area contributed by atoms with Gasteiger partial charge in [-0.25, -0.2) is 13.2 Å². The fraction of sp³-hybridized carbons (Fsp3) is 0.400. The molecule has 1 fully saturated rings. The van der Waals surface area contributed by atoms with Crippen LogP contribution in [0.2, 0.25) is 0 Å². The standard InChI is InChI=1S/C25H26F3NO5S/c1-33-13-10-17-8-11-29(12-9-17)35(31,32)20-5-2-18(3-6-20)14-19-4-7-23-21(15-19)22(25(26,27)28)16-24(30)34-23/h2-7,15-17H,8-14H2,1H3. The highest BCUT2D eigenvalue weighted by Gasteiger charge is 2.34. The number of hydrogen-bond acceptors (Lipinski definition) is 5. The summed E-state index contributed by atoms with van der Waals surface area (Å²) < 4.78 is 77.8. The van der Waals surface area contributed by atoms with Gasteiger partial charge in [-0.15, -0.1) is 0 Å². The Morgan fingerprint density at radius 1 is 1.03 bits per heavy atom. The third kappa shape index (κ3) is 5.76. The Bertz CT molecular complexity index is 1340. The highest BCUT2D eigenvalue weighted by Crippen LogP contribution is 2.34. The van der Waals surface area contributed by atoms with E-state index in [2.05, 4.69) is 0 Å². The molecule has 0 atom stereocenters. The molecule has 0 N–H and O–H groups in total. The second-order valence-electron chi connectivity index (χ2n) is 8.76. The Balaban J connectivity index is 1.50. The summed E-state index contributed by atoms with van der Waals surface area (Å²) in [5, 5.41) is -0.192. The first kappa shape index (κ1) is 25.4. The van der Waals surface area contributed by atoms with Gasteiger partial charge in [0.15, 0.2) is 0 Å². The number of benzene rings is 2. The molecule has 1 aliphatic heterocycles. The van der Waals surface area contributed by atoms with Crippen LogP contribution in [-0.4, -0.2) is 39.5 Å². The first-order valence-electron chi connectivity index (χ1n) is 11.3. The second-order valence-corrected chi connectivity index (χ2v) is 10.7. The van der Waals surface area contributed by atoms with Gasteiger partial charge in [-0.2, -0.15) is 17.5 Å². The van der Waals surface area contributed by atoms with Crippen LogP contribution in [0.15, 0.2) is 62.6 Å². The zero-order valence-electron chi connectivity index (χ0n) is 19.2. The van der Waals surface area contributed by atoms with Crippen LogP contribution in [0.5, 0.6) is 0 Å². The Hall–Kier alpha value is -2.69. The van der Waals surface area contributed by atoms with E-state index in [-0.39, 0.29) is 22.3 Å². The average Bonchev–Trinajstić information content (AvgIpc) is 2.82. The molecule has 0 radical (unpaired) electrons. The third-order valence-corrected chi connectivity index (χ3v) is 8.30. The first-order chi connectivity index (χ1) is 16.6. The van der Waals surface area contributed by atoms with Crippen molar-refractivity contribution in [1.29, 1.82) is 0 Å². The van der Waals surface area contributed by atoms with Crippen molar-refractivity contribution in [2.24, 2.45) is 5.92 Å². The van der Waals surface area contributed by atoms with E-state index in [9.17, 15) is 26.4 Å². The van der Waals surface area contributed by atoms with E-state index in [1.165, 1.54) is 28.6 Å². The molecule has 1 aromatic heterocycles. The van der Waals surface area contributed by atoms with Crippen LogP contribution in [0.25, 0.3) is 11.0 Å². The first-order valence-corrected chi connectivity index (χ1v) is 12.7. The molecule has 0 aliphatic carbocycles. The van der Waals surface area contributed by atoms with Crippen LogP contribution >= 0.6 is 0 Å². The lowest BCUT2D eigenvalue weighted by Gasteiger charge is -2.31. The SMILES string of the molecule is COCCC1CCN(S(=O)(=O)c2ccc(Cc3ccc4oc(=O)cc(C(F)(F)F)c4c3)cc2)CC1. The zero-order valence-corrected chi connectivity index (χ0v) is 20.0. The molecule has 1 aliphatic rings. The number of nitrogens with zero attached hydrogens (tertiary/aromatic N) is 1. The van der Waals surface area contributed by atoms with Crippen LogP contribution in [0.4, 0.5) is 13.2 Å². The largest absolute Gasteiger partial charge is 0.423 e. The normalized spacial score (nSPS) is 16.1. The molecule has 188 valence electrons. The number of rotatable bonds is 7. The number of fused-ring (bicyclic) bond motifs is 1. The van der Waals surface area contributed by atoms with Gasteiger partial charge in [0.05, 0.1) is 10.5 Å². The lowest BCUT2D eigenvalue weighted by Crippen LogP contribution is -2.38. The number of ether oxygens (including phenoxy) is 1. The Labute approximate surface area is 201 Å². The van der Waals surface area contributed by atoms with Crippen molar-refractivity contribution >= 4 is 21.0 Å². The molecule has 2 heterocycles. The number of methoxy groups -OCH3 is 1. The molecule has 0 amide bonds. The van der Waals surface area contributed by atoms with Gasteiger partial charge >= 0.3 is 11.8 Å². The predicted molar refractivity (Wildman–Crippen MR) is 125 cm³/mol. The fourth-order valence-electron chi connectivity index (χ4n) is 4.44. The van der Waals surface area contributed by atoms with Crippen LogP contribution in [0, 0.1) is 5.92 Å². The Morgan fingerprint density at radius 2 is 1.69 bits per heavy atom. The van der Waals surface area contributed by atoms with Gasteiger partial charge in [-0.05, 0) is 67.0 Å². The molecule has 0 saturated carbocycles. The molecule has 10 heteroatoms. The molecule has 35 heavy (non-hydrogen) atoms. The van der Waals surface area contributed by atoms with Crippen molar-refractivity contribution in [3.8, 4) is 0 Å². The van der Waals surface area contributed by atoms with E-state index in [0.29, 0.717) is 37.2 Å². The van der Waals surface area contributed by atoms with Gasteiger partial charge in [0.2, 0.25) is 10.0 Å². The molecular weight excluding hydrogens is 483 g/mol. The lowest BCUT2D eigenvalue weighted by molar-refractivity contribution is -0.136. The minimum atomic E-state index is -4.69. The summed E-state index contributed by atoms with van der Waals surface area (Å²) in [7, 11) is -1.96. The Morgan fingerprint density at radius 3 is 2.31 bits per heavy atom. The van der Waals surface area contributed by atoms with Gasteiger partial charge < -0.3 is 9.15 Å². The van der Waals surface area contributed by atoms with Crippen molar-refractivity contribution < 1.29 is 30.7 Å². The van der Waals surface area contributed by atoms with Crippen LogP contribution in [0.1, 0.15) is 36.0 Å². The van der Waals surface area contributed by atoms with Crippen molar-refractivity contribution in [3.05, 3.63) is 75.6 Å². The number of halogens is 3.